The van der Waals surface area contributed by atoms with Crippen LogP contribution < -0.4 is 13.9 Å². The SMILES string of the molecule is CCN(CC)C(=O)c1c([C@H]2CCCC[C@@H]2[N+](=O)[O-])cc2c(c1O[Si](C)(C)C(C)(C)C)OCO2. The van der Waals surface area contributed by atoms with Gasteiger partial charge in [0.1, 0.15) is 0 Å². The molecular formula is C24H38N2O6Si. The summed E-state index contributed by atoms with van der Waals surface area (Å²) in [6.45, 7) is 15.6. The molecule has 3 rings (SSSR count). The highest BCUT2D eigenvalue weighted by atomic mass is 28.4. The van der Waals surface area contributed by atoms with Crippen molar-refractivity contribution < 1.29 is 23.6 Å². The number of benzene rings is 1. The lowest BCUT2D eigenvalue weighted by molar-refractivity contribution is -0.530. The number of amides is 1. The van der Waals surface area contributed by atoms with Crippen molar-refractivity contribution in [2.45, 2.75) is 90.4 Å². The molecule has 1 fully saturated rings. The maximum Gasteiger partial charge on any atom is 0.257 e. The summed E-state index contributed by atoms with van der Waals surface area (Å²) in [6.07, 6.45) is 2.87. The lowest BCUT2D eigenvalue weighted by Gasteiger charge is -2.38. The van der Waals surface area contributed by atoms with Crippen LogP contribution in [-0.4, -0.2) is 50.0 Å². The quantitative estimate of drug-likeness (QED) is 0.288. The first kappa shape index (κ1) is 25.3. The Hall–Kier alpha value is -2.29. The highest BCUT2D eigenvalue weighted by Gasteiger charge is 2.45. The molecule has 8 nitrogen and oxygen atoms in total. The van der Waals surface area contributed by atoms with Crippen LogP contribution in [0.25, 0.3) is 0 Å². The molecular weight excluding hydrogens is 440 g/mol. The molecule has 0 unspecified atom stereocenters. The van der Waals surface area contributed by atoms with Gasteiger partial charge in [-0.2, -0.15) is 0 Å². The maximum atomic E-state index is 13.9. The molecule has 33 heavy (non-hydrogen) atoms. The summed E-state index contributed by atoms with van der Waals surface area (Å²) in [7, 11) is -2.37. The van der Waals surface area contributed by atoms with E-state index in [4.69, 9.17) is 13.9 Å². The average Bonchev–Trinajstić information content (AvgIpc) is 3.22. The summed E-state index contributed by atoms with van der Waals surface area (Å²) in [5, 5.41) is 11.9. The van der Waals surface area contributed by atoms with Crippen LogP contribution in [0.2, 0.25) is 18.1 Å². The molecule has 2 aliphatic rings. The topological polar surface area (TPSA) is 91.1 Å². The fourth-order valence-corrected chi connectivity index (χ4v) is 5.46. The predicted molar refractivity (Wildman–Crippen MR) is 130 cm³/mol. The van der Waals surface area contributed by atoms with Gasteiger partial charge in [-0.05, 0) is 56.5 Å². The van der Waals surface area contributed by atoms with Gasteiger partial charge in [-0.15, -0.1) is 0 Å². The Labute approximate surface area is 197 Å². The lowest BCUT2D eigenvalue weighted by Crippen LogP contribution is -2.45. The van der Waals surface area contributed by atoms with Crippen LogP contribution in [0.15, 0.2) is 6.07 Å². The molecule has 1 amide bonds. The van der Waals surface area contributed by atoms with Gasteiger partial charge in [0.15, 0.2) is 11.5 Å². The van der Waals surface area contributed by atoms with Gasteiger partial charge in [0, 0.05) is 24.4 Å². The number of nitrogens with zero attached hydrogens (tertiary/aromatic N) is 2. The van der Waals surface area contributed by atoms with Crippen molar-refractivity contribution in [2.24, 2.45) is 0 Å². The number of rotatable bonds is 7. The maximum absolute atomic E-state index is 13.9. The van der Waals surface area contributed by atoms with Crippen molar-refractivity contribution in [2.75, 3.05) is 19.9 Å². The van der Waals surface area contributed by atoms with E-state index >= 15 is 0 Å². The molecule has 0 radical (unpaired) electrons. The first-order valence-corrected chi connectivity index (χ1v) is 14.9. The smallest absolute Gasteiger partial charge is 0.257 e. The Morgan fingerprint density at radius 2 is 1.85 bits per heavy atom. The van der Waals surface area contributed by atoms with Crippen LogP contribution in [0.1, 0.15) is 82.1 Å². The minimum atomic E-state index is -2.37. The van der Waals surface area contributed by atoms with Gasteiger partial charge in [-0.3, -0.25) is 14.9 Å². The Kier molecular flexibility index (Phi) is 7.31. The predicted octanol–water partition coefficient (Wildman–Crippen LogP) is 5.58. The minimum absolute atomic E-state index is 0.0366. The van der Waals surface area contributed by atoms with Crippen LogP contribution >= 0.6 is 0 Å². The fourth-order valence-electron chi connectivity index (χ4n) is 4.45. The van der Waals surface area contributed by atoms with E-state index in [0.717, 1.165) is 12.8 Å². The fraction of sp³-hybridized carbons (Fsp3) is 0.708. The van der Waals surface area contributed by atoms with E-state index in [9.17, 15) is 14.9 Å². The van der Waals surface area contributed by atoms with E-state index in [0.29, 0.717) is 54.3 Å². The molecule has 184 valence electrons. The molecule has 0 bridgehead atoms. The Bertz CT molecular complexity index is 907. The molecule has 9 heteroatoms. The third-order valence-electron chi connectivity index (χ3n) is 7.48. The monoisotopic (exact) mass is 478 g/mol. The lowest BCUT2D eigenvalue weighted by atomic mass is 9.78. The molecule has 1 aromatic rings. The van der Waals surface area contributed by atoms with Crippen molar-refractivity contribution in [3.63, 3.8) is 0 Å². The average molecular weight is 479 g/mol. The van der Waals surface area contributed by atoms with E-state index in [1.807, 2.05) is 13.8 Å². The second kappa shape index (κ2) is 9.52. The molecule has 1 aliphatic carbocycles. The van der Waals surface area contributed by atoms with Gasteiger partial charge in [0.05, 0.1) is 11.5 Å². The van der Waals surface area contributed by atoms with E-state index in [2.05, 4.69) is 33.9 Å². The molecule has 0 spiro atoms. The van der Waals surface area contributed by atoms with Crippen molar-refractivity contribution >= 4 is 14.2 Å². The van der Waals surface area contributed by atoms with Crippen molar-refractivity contribution in [1.29, 1.82) is 0 Å². The van der Waals surface area contributed by atoms with Crippen LogP contribution in [0, 0.1) is 10.1 Å². The van der Waals surface area contributed by atoms with E-state index in [-0.39, 0.29) is 28.6 Å². The zero-order chi connectivity index (χ0) is 24.6. The molecule has 1 heterocycles. The summed E-state index contributed by atoms with van der Waals surface area (Å²) in [4.78, 5) is 27.4. The van der Waals surface area contributed by atoms with Crippen LogP contribution in [0.5, 0.6) is 17.2 Å². The Morgan fingerprint density at radius 3 is 2.42 bits per heavy atom. The minimum Gasteiger partial charge on any atom is -0.540 e. The van der Waals surface area contributed by atoms with Gasteiger partial charge < -0.3 is 18.8 Å². The summed E-state index contributed by atoms with van der Waals surface area (Å²) in [5.74, 6) is 0.792. The molecule has 1 aliphatic heterocycles. The van der Waals surface area contributed by atoms with E-state index < -0.39 is 14.4 Å². The zero-order valence-electron chi connectivity index (χ0n) is 21.0. The van der Waals surface area contributed by atoms with Gasteiger partial charge in [0.2, 0.25) is 18.6 Å². The highest BCUT2D eigenvalue weighted by Crippen LogP contribution is 2.51. The molecule has 2 atom stereocenters. The molecule has 1 aromatic carbocycles. The largest absolute Gasteiger partial charge is 0.540 e. The van der Waals surface area contributed by atoms with Crippen LogP contribution in [-0.2, 0) is 0 Å². The van der Waals surface area contributed by atoms with Crippen molar-refractivity contribution in [1.82, 2.24) is 4.90 Å². The van der Waals surface area contributed by atoms with Crippen molar-refractivity contribution in [3.8, 4) is 17.2 Å². The molecule has 0 aromatic heterocycles. The normalized spacial score (nSPS) is 20.5. The Balaban J connectivity index is 2.29. The number of hydrogen-bond donors (Lipinski definition) is 0. The number of ether oxygens (including phenoxy) is 2. The third kappa shape index (κ3) is 4.83. The summed E-state index contributed by atoms with van der Waals surface area (Å²) in [6, 6.07) is 1.06. The first-order valence-electron chi connectivity index (χ1n) is 12.0. The molecule has 0 N–H and O–H groups in total. The number of carbonyl (C=O) groups excluding carboxylic acids is 1. The second-order valence-corrected chi connectivity index (χ2v) is 15.2. The summed E-state index contributed by atoms with van der Waals surface area (Å²) >= 11 is 0. The van der Waals surface area contributed by atoms with Crippen LogP contribution in [0.3, 0.4) is 0 Å². The highest BCUT2D eigenvalue weighted by molar-refractivity contribution is 6.74. The van der Waals surface area contributed by atoms with Crippen molar-refractivity contribution in [3.05, 3.63) is 27.3 Å². The standard InChI is InChI=1S/C24H38N2O6Si/c1-8-25(9-2)23(27)20-17(16-12-10-11-13-18(16)26(28)29)14-19-21(31-15-30-19)22(20)32-33(6,7)24(3,4)5/h14,16,18H,8-13,15H2,1-7H3/t16-,18+/m1/s1. The van der Waals surface area contributed by atoms with Gasteiger partial charge in [0.25, 0.3) is 14.2 Å². The van der Waals surface area contributed by atoms with E-state index in [1.54, 1.807) is 11.0 Å². The van der Waals surface area contributed by atoms with Crippen LogP contribution in [0.4, 0.5) is 0 Å². The zero-order valence-corrected chi connectivity index (χ0v) is 22.0. The number of hydrogen-bond acceptors (Lipinski definition) is 6. The number of carbonyl (C=O) groups is 1. The summed E-state index contributed by atoms with van der Waals surface area (Å²) < 4.78 is 18.3. The molecule has 0 saturated heterocycles. The van der Waals surface area contributed by atoms with Gasteiger partial charge in [-0.25, -0.2) is 0 Å². The number of fused-ring (bicyclic) bond motifs is 1. The third-order valence-corrected chi connectivity index (χ3v) is 11.8. The second-order valence-electron chi connectivity index (χ2n) is 10.5. The van der Waals surface area contributed by atoms with Gasteiger partial charge in [-0.1, -0.05) is 27.2 Å². The Morgan fingerprint density at radius 1 is 1.21 bits per heavy atom. The number of nitro groups is 1. The first-order chi connectivity index (χ1) is 15.4. The molecule has 1 saturated carbocycles. The van der Waals surface area contributed by atoms with Gasteiger partial charge >= 0.3 is 0 Å². The van der Waals surface area contributed by atoms with E-state index in [1.165, 1.54) is 0 Å². The summed E-state index contributed by atoms with van der Waals surface area (Å²) in [5.41, 5.74) is 1.07.